The molecule has 0 amide bonds. The molecule has 3 rings (SSSR count). The summed E-state index contributed by atoms with van der Waals surface area (Å²) in [7, 11) is 0. The number of ether oxygens (including phenoxy) is 1. The van der Waals surface area contributed by atoms with Gasteiger partial charge in [0.1, 0.15) is 0 Å². The predicted molar refractivity (Wildman–Crippen MR) is 105 cm³/mol. The lowest BCUT2D eigenvalue weighted by atomic mass is 10.1. The smallest absolute Gasteiger partial charge is 0.186 e. The van der Waals surface area contributed by atoms with Crippen molar-refractivity contribution >= 4 is 34.4 Å². The second-order valence-corrected chi connectivity index (χ2v) is 6.30. The quantitative estimate of drug-likeness (QED) is 0.356. The first-order valence-electron chi connectivity index (χ1n) is 8.53. The summed E-state index contributed by atoms with van der Waals surface area (Å²) < 4.78 is 5.34. The van der Waals surface area contributed by atoms with Crippen LogP contribution < -0.4 is 10.7 Å². The summed E-state index contributed by atoms with van der Waals surface area (Å²) in [4.78, 5) is 6.72. The molecule has 6 nitrogen and oxygen atoms in total. The molecule has 7 heteroatoms. The van der Waals surface area contributed by atoms with Gasteiger partial charge in [-0.1, -0.05) is 12.1 Å². The molecular weight excluding hydrogens is 334 g/mol. The molecule has 2 aromatic rings. The minimum atomic E-state index is 0.542. The van der Waals surface area contributed by atoms with Gasteiger partial charge in [0.05, 0.1) is 24.9 Å². The number of nitrogens with one attached hydrogen (secondary N) is 2. The van der Waals surface area contributed by atoms with Gasteiger partial charge in [-0.15, -0.1) is 0 Å². The zero-order chi connectivity index (χ0) is 17.3. The van der Waals surface area contributed by atoms with Crippen LogP contribution in [0.4, 0.5) is 0 Å². The van der Waals surface area contributed by atoms with Gasteiger partial charge >= 0.3 is 0 Å². The number of hydrogen-bond acceptors (Lipinski definition) is 5. The van der Waals surface area contributed by atoms with Crippen molar-refractivity contribution in [3.05, 3.63) is 42.1 Å². The first kappa shape index (κ1) is 17.7. The molecule has 0 radical (unpaired) electrons. The molecule has 1 aromatic heterocycles. The summed E-state index contributed by atoms with van der Waals surface area (Å²) in [6.07, 6.45) is 4.60. The Morgan fingerprint density at radius 1 is 1.32 bits per heavy atom. The van der Waals surface area contributed by atoms with Crippen LogP contribution in [0.25, 0.3) is 10.9 Å². The Morgan fingerprint density at radius 3 is 3.08 bits per heavy atom. The first-order chi connectivity index (χ1) is 12.3. The van der Waals surface area contributed by atoms with Crippen molar-refractivity contribution in [3.8, 4) is 0 Å². The minimum Gasteiger partial charge on any atom is -0.379 e. The van der Waals surface area contributed by atoms with Gasteiger partial charge in [-0.2, -0.15) is 5.10 Å². The third-order valence-corrected chi connectivity index (χ3v) is 4.28. The average Bonchev–Trinajstić information content (AvgIpc) is 2.66. The van der Waals surface area contributed by atoms with Crippen molar-refractivity contribution in [2.24, 2.45) is 5.10 Å². The van der Waals surface area contributed by atoms with Crippen molar-refractivity contribution in [1.29, 1.82) is 0 Å². The van der Waals surface area contributed by atoms with Crippen LogP contribution in [-0.2, 0) is 4.74 Å². The fraction of sp³-hybridized carbons (Fsp3) is 0.389. The van der Waals surface area contributed by atoms with E-state index in [0.29, 0.717) is 5.11 Å². The van der Waals surface area contributed by atoms with E-state index in [-0.39, 0.29) is 0 Å². The van der Waals surface area contributed by atoms with E-state index in [0.717, 1.165) is 62.3 Å². The maximum Gasteiger partial charge on any atom is 0.186 e. The van der Waals surface area contributed by atoms with Gasteiger partial charge in [-0.3, -0.25) is 15.3 Å². The standard InChI is InChI=1S/C18H23N5OS/c25-18(20-7-2-8-23-9-11-24-12-10-23)22-21-14-15-4-5-17-16(13-15)3-1-6-19-17/h1,3-6,13-14H,2,7-12H2,(H2,20,22,25)/b21-14-. The van der Waals surface area contributed by atoms with E-state index in [1.807, 2.05) is 30.3 Å². The Hall–Kier alpha value is -2.09. The second kappa shape index (κ2) is 9.41. The van der Waals surface area contributed by atoms with E-state index in [1.54, 1.807) is 12.4 Å². The Labute approximate surface area is 153 Å². The maximum absolute atomic E-state index is 5.34. The van der Waals surface area contributed by atoms with Gasteiger partial charge in [0, 0.05) is 31.2 Å². The number of thiocarbonyl (C=S) groups is 1. The molecule has 0 atom stereocenters. The number of hydrogen-bond donors (Lipinski definition) is 2. The zero-order valence-electron chi connectivity index (χ0n) is 14.1. The number of rotatable bonds is 6. The Morgan fingerprint density at radius 2 is 2.20 bits per heavy atom. The molecule has 25 heavy (non-hydrogen) atoms. The van der Waals surface area contributed by atoms with Crippen molar-refractivity contribution in [3.63, 3.8) is 0 Å². The minimum absolute atomic E-state index is 0.542. The third kappa shape index (κ3) is 5.74. The van der Waals surface area contributed by atoms with E-state index in [9.17, 15) is 0 Å². The molecule has 2 heterocycles. The van der Waals surface area contributed by atoms with Crippen molar-refractivity contribution in [1.82, 2.24) is 20.6 Å². The lowest BCUT2D eigenvalue weighted by Gasteiger charge is -2.26. The molecule has 1 fully saturated rings. The van der Waals surface area contributed by atoms with Crippen molar-refractivity contribution < 1.29 is 4.74 Å². The van der Waals surface area contributed by atoms with Crippen LogP contribution in [0.15, 0.2) is 41.6 Å². The van der Waals surface area contributed by atoms with Crippen LogP contribution in [0.2, 0.25) is 0 Å². The fourth-order valence-corrected chi connectivity index (χ4v) is 2.86. The van der Waals surface area contributed by atoms with E-state index in [1.165, 1.54) is 0 Å². The van der Waals surface area contributed by atoms with E-state index in [4.69, 9.17) is 17.0 Å². The van der Waals surface area contributed by atoms with E-state index >= 15 is 0 Å². The highest BCUT2D eigenvalue weighted by molar-refractivity contribution is 7.80. The molecule has 0 unspecified atom stereocenters. The predicted octanol–water partition coefficient (Wildman–Crippen LogP) is 1.76. The molecule has 1 aromatic carbocycles. The first-order valence-corrected chi connectivity index (χ1v) is 8.94. The number of pyridine rings is 1. The number of hydrazone groups is 1. The molecule has 1 aliphatic rings. The molecule has 0 saturated carbocycles. The molecule has 0 spiro atoms. The topological polar surface area (TPSA) is 61.8 Å². The number of aromatic nitrogens is 1. The Balaban J connectivity index is 1.36. The fourth-order valence-electron chi connectivity index (χ4n) is 2.71. The highest BCUT2D eigenvalue weighted by Crippen LogP contribution is 2.11. The Bertz CT molecular complexity index is 730. The summed E-state index contributed by atoms with van der Waals surface area (Å²) in [6, 6.07) is 9.98. The zero-order valence-corrected chi connectivity index (χ0v) is 15.0. The van der Waals surface area contributed by atoms with Gasteiger partial charge in [0.25, 0.3) is 0 Å². The van der Waals surface area contributed by atoms with Crippen LogP contribution in [-0.4, -0.2) is 60.6 Å². The van der Waals surface area contributed by atoms with Gasteiger partial charge in [0.2, 0.25) is 0 Å². The molecule has 2 N–H and O–H groups in total. The molecule has 1 aliphatic heterocycles. The average molecular weight is 357 g/mol. The molecule has 0 bridgehead atoms. The van der Waals surface area contributed by atoms with Crippen LogP contribution in [0, 0.1) is 0 Å². The monoisotopic (exact) mass is 357 g/mol. The molecule has 132 valence electrons. The normalized spacial score (nSPS) is 15.5. The number of benzene rings is 1. The van der Waals surface area contributed by atoms with Crippen LogP contribution in [0.5, 0.6) is 0 Å². The highest BCUT2D eigenvalue weighted by Gasteiger charge is 2.08. The van der Waals surface area contributed by atoms with Crippen molar-refractivity contribution in [2.45, 2.75) is 6.42 Å². The largest absolute Gasteiger partial charge is 0.379 e. The summed E-state index contributed by atoms with van der Waals surface area (Å²) in [5.74, 6) is 0. The van der Waals surface area contributed by atoms with E-state index in [2.05, 4.69) is 25.7 Å². The molecule has 0 aliphatic carbocycles. The number of fused-ring (bicyclic) bond motifs is 1. The number of nitrogens with zero attached hydrogens (tertiary/aromatic N) is 3. The summed E-state index contributed by atoms with van der Waals surface area (Å²) >= 11 is 5.24. The summed E-state index contributed by atoms with van der Waals surface area (Å²) in [6.45, 7) is 5.62. The third-order valence-electron chi connectivity index (χ3n) is 4.05. The SMILES string of the molecule is S=C(NCCCN1CCOCC1)N/N=C\c1ccc2ncccc2c1. The Kier molecular flexibility index (Phi) is 6.67. The molecule has 1 saturated heterocycles. The second-order valence-electron chi connectivity index (χ2n) is 5.89. The van der Waals surface area contributed by atoms with Crippen LogP contribution in [0.1, 0.15) is 12.0 Å². The van der Waals surface area contributed by atoms with Gasteiger partial charge < -0.3 is 10.1 Å². The van der Waals surface area contributed by atoms with Gasteiger partial charge in [0.15, 0.2) is 5.11 Å². The van der Waals surface area contributed by atoms with Gasteiger partial charge in [-0.05, 0) is 48.9 Å². The highest BCUT2D eigenvalue weighted by atomic mass is 32.1. The lowest BCUT2D eigenvalue weighted by molar-refractivity contribution is 0.0376. The van der Waals surface area contributed by atoms with Gasteiger partial charge in [-0.25, -0.2) is 0 Å². The van der Waals surface area contributed by atoms with E-state index < -0.39 is 0 Å². The number of morpholine rings is 1. The summed E-state index contributed by atoms with van der Waals surface area (Å²) in [5, 5.41) is 9.00. The maximum atomic E-state index is 5.34. The van der Waals surface area contributed by atoms with Crippen LogP contribution >= 0.6 is 12.2 Å². The molecular formula is C18H23N5OS. The van der Waals surface area contributed by atoms with Crippen LogP contribution in [0.3, 0.4) is 0 Å². The van der Waals surface area contributed by atoms with Crippen molar-refractivity contribution in [2.75, 3.05) is 39.4 Å². The summed E-state index contributed by atoms with van der Waals surface area (Å²) in [5.41, 5.74) is 4.84. The lowest BCUT2D eigenvalue weighted by Crippen LogP contribution is -2.39.